The van der Waals surface area contributed by atoms with Crippen molar-refractivity contribution in [1.82, 2.24) is 0 Å². The van der Waals surface area contributed by atoms with E-state index in [0.717, 1.165) is 31.1 Å². The van der Waals surface area contributed by atoms with Crippen molar-refractivity contribution in [2.75, 3.05) is 24.7 Å². The number of hydrogen-bond acceptors (Lipinski definition) is 4. The average molecular weight is 265 g/mol. The molecular weight excluding hydrogens is 246 g/mol. The van der Waals surface area contributed by atoms with E-state index in [2.05, 4.69) is 12.1 Å². The highest BCUT2D eigenvalue weighted by Crippen LogP contribution is 2.37. The van der Waals surface area contributed by atoms with Crippen molar-refractivity contribution in [3.8, 4) is 11.5 Å². The minimum absolute atomic E-state index is 0.122. The van der Waals surface area contributed by atoms with Crippen LogP contribution in [0, 0.1) is 5.92 Å². The standard InChI is InChI=1S/C14H19NO2S/c15-14(11-4-7-18-9-11)10-2-3-12-13(8-10)17-6-1-5-16-12/h2-3,8,11,14H,1,4-7,9,15H2. The predicted octanol–water partition coefficient (Wildman–Crippen LogP) is 2.60. The molecule has 0 radical (unpaired) electrons. The van der Waals surface area contributed by atoms with Crippen LogP contribution in [0.3, 0.4) is 0 Å². The van der Waals surface area contributed by atoms with Crippen LogP contribution in [0.2, 0.25) is 0 Å². The summed E-state index contributed by atoms with van der Waals surface area (Å²) in [6.45, 7) is 1.46. The van der Waals surface area contributed by atoms with Gasteiger partial charge in [-0.3, -0.25) is 0 Å². The molecular formula is C14H19NO2S. The number of hydrogen-bond donors (Lipinski definition) is 1. The van der Waals surface area contributed by atoms with Gasteiger partial charge in [0.25, 0.3) is 0 Å². The number of nitrogens with two attached hydrogens (primary N) is 1. The molecule has 2 aliphatic rings. The molecule has 0 saturated carbocycles. The van der Waals surface area contributed by atoms with Crippen LogP contribution in [0.1, 0.15) is 24.4 Å². The van der Waals surface area contributed by atoms with Crippen molar-refractivity contribution in [2.24, 2.45) is 11.7 Å². The van der Waals surface area contributed by atoms with Gasteiger partial charge in [0.1, 0.15) is 0 Å². The number of rotatable bonds is 2. The third-order valence-corrected chi connectivity index (χ3v) is 4.82. The average Bonchev–Trinajstić information content (AvgIpc) is 2.83. The zero-order chi connectivity index (χ0) is 12.4. The Balaban J connectivity index is 1.82. The second kappa shape index (κ2) is 5.41. The lowest BCUT2D eigenvalue weighted by Gasteiger charge is -2.19. The Hall–Kier alpha value is -0.870. The quantitative estimate of drug-likeness (QED) is 0.892. The maximum Gasteiger partial charge on any atom is 0.161 e. The van der Waals surface area contributed by atoms with Crippen LogP contribution in [0.4, 0.5) is 0 Å². The largest absolute Gasteiger partial charge is 0.490 e. The summed E-state index contributed by atoms with van der Waals surface area (Å²) < 4.78 is 11.4. The van der Waals surface area contributed by atoms with Crippen molar-refractivity contribution in [1.29, 1.82) is 0 Å². The Morgan fingerprint density at radius 1 is 1.22 bits per heavy atom. The van der Waals surface area contributed by atoms with E-state index in [1.807, 2.05) is 17.8 Å². The molecule has 98 valence electrons. The normalized spacial score (nSPS) is 24.6. The molecule has 3 rings (SSSR count). The summed E-state index contributed by atoms with van der Waals surface area (Å²) in [5, 5.41) is 0. The van der Waals surface area contributed by atoms with Gasteiger partial charge in [0.05, 0.1) is 13.2 Å². The third-order valence-electron chi connectivity index (χ3n) is 3.63. The van der Waals surface area contributed by atoms with E-state index in [-0.39, 0.29) is 6.04 Å². The van der Waals surface area contributed by atoms with Gasteiger partial charge in [0, 0.05) is 12.5 Å². The van der Waals surface area contributed by atoms with E-state index in [0.29, 0.717) is 5.92 Å². The Morgan fingerprint density at radius 2 is 2.06 bits per heavy atom. The first kappa shape index (κ1) is 12.2. The Morgan fingerprint density at radius 3 is 2.83 bits per heavy atom. The molecule has 1 fully saturated rings. The molecule has 0 aromatic heterocycles. The van der Waals surface area contributed by atoms with E-state index < -0.39 is 0 Å². The van der Waals surface area contributed by atoms with Crippen LogP contribution in [0.15, 0.2) is 18.2 Å². The molecule has 3 nitrogen and oxygen atoms in total. The minimum atomic E-state index is 0.122. The van der Waals surface area contributed by atoms with E-state index in [1.54, 1.807) is 0 Å². The molecule has 1 aromatic rings. The number of benzene rings is 1. The van der Waals surface area contributed by atoms with Gasteiger partial charge in [-0.15, -0.1) is 0 Å². The minimum Gasteiger partial charge on any atom is -0.490 e. The van der Waals surface area contributed by atoms with Gasteiger partial charge in [-0.25, -0.2) is 0 Å². The summed E-state index contributed by atoms with van der Waals surface area (Å²) in [6, 6.07) is 6.27. The number of fused-ring (bicyclic) bond motifs is 1. The summed E-state index contributed by atoms with van der Waals surface area (Å²) in [7, 11) is 0. The van der Waals surface area contributed by atoms with Gasteiger partial charge >= 0.3 is 0 Å². The fourth-order valence-electron chi connectivity index (χ4n) is 2.50. The molecule has 18 heavy (non-hydrogen) atoms. The second-order valence-electron chi connectivity index (χ2n) is 4.91. The predicted molar refractivity (Wildman–Crippen MR) is 74.4 cm³/mol. The maximum absolute atomic E-state index is 6.36. The zero-order valence-corrected chi connectivity index (χ0v) is 11.2. The van der Waals surface area contributed by atoms with Crippen molar-refractivity contribution < 1.29 is 9.47 Å². The third kappa shape index (κ3) is 2.45. The summed E-state index contributed by atoms with van der Waals surface area (Å²) in [5.74, 6) is 4.72. The van der Waals surface area contributed by atoms with Gasteiger partial charge in [0.2, 0.25) is 0 Å². The lowest BCUT2D eigenvalue weighted by atomic mass is 9.93. The van der Waals surface area contributed by atoms with Crippen molar-refractivity contribution in [2.45, 2.75) is 18.9 Å². The van der Waals surface area contributed by atoms with E-state index in [4.69, 9.17) is 15.2 Å². The highest BCUT2D eigenvalue weighted by atomic mass is 32.2. The van der Waals surface area contributed by atoms with Crippen LogP contribution in [0.5, 0.6) is 11.5 Å². The second-order valence-corrected chi connectivity index (χ2v) is 6.06. The summed E-state index contributed by atoms with van der Waals surface area (Å²) in [6.07, 6.45) is 2.16. The lowest BCUT2D eigenvalue weighted by molar-refractivity contribution is 0.297. The molecule has 1 aromatic carbocycles. The van der Waals surface area contributed by atoms with Gasteiger partial charge in [-0.05, 0) is 41.5 Å². The molecule has 4 heteroatoms. The first-order chi connectivity index (χ1) is 8.84. The van der Waals surface area contributed by atoms with Crippen LogP contribution in [-0.2, 0) is 0 Å². The highest BCUT2D eigenvalue weighted by molar-refractivity contribution is 7.99. The van der Waals surface area contributed by atoms with Gasteiger partial charge in [-0.2, -0.15) is 11.8 Å². The van der Waals surface area contributed by atoms with E-state index >= 15 is 0 Å². The molecule has 0 aliphatic carbocycles. The van der Waals surface area contributed by atoms with Crippen LogP contribution >= 0.6 is 11.8 Å². The lowest BCUT2D eigenvalue weighted by Crippen LogP contribution is -2.21. The van der Waals surface area contributed by atoms with Crippen LogP contribution < -0.4 is 15.2 Å². The van der Waals surface area contributed by atoms with Crippen molar-refractivity contribution in [3.05, 3.63) is 23.8 Å². The molecule has 2 heterocycles. The van der Waals surface area contributed by atoms with Crippen molar-refractivity contribution in [3.63, 3.8) is 0 Å². The van der Waals surface area contributed by atoms with Crippen molar-refractivity contribution >= 4 is 11.8 Å². The van der Waals surface area contributed by atoms with Gasteiger partial charge < -0.3 is 15.2 Å². The fourth-order valence-corrected chi connectivity index (χ4v) is 3.81. The SMILES string of the molecule is NC(c1ccc2c(c1)OCCCO2)C1CCSC1. The Labute approximate surface area is 112 Å². The number of ether oxygens (including phenoxy) is 2. The molecule has 0 amide bonds. The molecule has 0 bridgehead atoms. The van der Waals surface area contributed by atoms with Crippen LogP contribution in [0.25, 0.3) is 0 Å². The molecule has 2 atom stereocenters. The zero-order valence-electron chi connectivity index (χ0n) is 10.4. The molecule has 2 N–H and O–H groups in total. The summed E-state index contributed by atoms with van der Waals surface area (Å²) >= 11 is 2.00. The fraction of sp³-hybridized carbons (Fsp3) is 0.571. The summed E-state index contributed by atoms with van der Waals surface area (Å²) in [4.78, 5) is 0. The van der Waals surface area contributed by atoms with Gasteiger partial charge in [-0.1, -0.05) is 6.07 Å². The summed E-state index contributed by atoms with van der Waals surface area (Å²) in [5.41, 5.74) is 7.54. The Kier molecular flexibility index (Phi) is 3.66. The maximum atomic E-state index is 6.36. The first-order valence-corrected chi connectivity index (χ1v) is 7.73. The molecule has 1 saturated heterocycles. The molecule has 2 aliphatic heterocycles. The smallest absolute Gasteiger partial charge is 0.161 e. The number of thioether (sulfide) groups is 1. The Bertz CT molecular complexity index is 418. The van der Waals surface area contributed by atoms with Crippen LogP contribution in [-0.4, -0.2) is 24.7 Å². The highest BCUT2D eigenvalue weighted by Gasteiger charge is 2.24. The van der Waals surface area contributed by atoms with E-state index in [1.165, 1.54) is 23.5 Å². The topological polar surface area (TPSA) is 44.5 Å². The first-order valence-electron chi connectivity index (χ1n) is 6.57. The monoisotopic (exact) mass is 265 g/mol. The molecule has 2 unspecified atom stereocenters. The van der Waals surface area contributed by atoms with E-state index in [9.17, 15) is 0 Å². The van der Waals surface area contributed by atoms with Gasteiger partial charge in [0.15, 0.2) is 11.5 Å². The molecule has 0 spiro atoms.